The smallest absolute Gasteiger partial charge is 0.270 e. The van der Waals surface area contributed by atoms with Crippen LogP contribution in [0.2, 0.25) is 0 Å². The first-order valence-electron chi connectivity index (χ1n) is 8.00. The Hall–Kier alpha value is -2.01. The minimum Gasteiger partial charge on any atom is -0.472 e. The Morgan fingerprint density at radius 3 is 2.68 bits per heavy atom. The predicted octanol–water partition coefficient (Wildman–Crippen LogP) is 1.36. The molecule has 2 N–H and O–H groups in total. The summed E-state index contributed by atoms with van der Waals surface area (Å²) in [7, 11) is 0. The van der Waals surface area contributed by atoms with Gasteiger partial charge in [-0.2, -0.15) is 0 Å². The fourth-order valence-corrected chi connectivity index (χ4v) is 3.63. The topological polar surface area (TPSA) is 53.6 Å². The van der Waals surface area contributed by atoms with Crippen LogP contribution in [0.15, 0.2) is 42.3 Å². The summed E-state index contributed by atoms with van der Waals surface area (Å²) in [5.41, 5.74) is 1.54. The summed E-state index contributed by atoms with van der Waals surface area (Å²) in [6.45, 7) is 3.33. The average Bonchev–Trinajstić information content (AvgIpc) is 3.07. The maximum atomic E-state index is 12.4. The van der Waals surface area contributed by atoms with Gasteiger partial charge in [-0.05, 0) is 31.8 Å². The average molecular weight is 299 g/mol. The normalized spacial score (nSPS) is 32.8. The number of nitrogens with zero attached hydrogens (tertiary/aromatic N) is 1. The molecule has 4 aliphatic rings. The second kappa shape index (κ2) is 5.65. The van der Waals surface area contributed by atoms with E-state index in [0.29, 0.717) is 11.6 Å². The summed E-state index contributed by atoms with van der Waals surface area (Å²) >= 11 is 0. The monoisotopic (exact) mass is 299 g/mol. The van der Waals surface area contributed by atoms with E-state index in [1.807, 2.05) is 30.3 Å². The highest BCUT2D eigenvalue weighted by Gasteiger charge is 2.36. The number of amides is 1. The van der Waals surface area contributed by atoms with Gasteiger partial charge in [0.05, 0.1) is 0 Å². The van der Waals surface area contributed by atoms with Gasteiger partial charge < -0.3 is 20.3 Å². The predicted molar refractivity (Wildman–Crippen MR) is 82.6 cm³/mol. The van der Waals surface area contributed by atoms with Crippen molar-refractivity contribution in [2.75, 3.05) is 19.6 Å². The molecular weight excluding hydrogens is 278 g/mol. The number of hydrogen-bond acceptors (Lipinski definition) is 4. The molecule has 2 atom stereocenters. The highest BCUT2D eigenvalue weighted by atomic mass is 16.5. The molecule has 4 heterocycles. The lowest BCUT2D eigenvalue weighted by atomic mass is 9.84. The lowest BCUT2D eigenvalue weighted by molar-refractivity contribution is -0.119. The number of ether oxygens (including phenoxy) is 1. The fourth-order valence-electron chi connectivity index (χ4n) is 3.63. The highest BCUT2D eigenvalue weighted by Crippen LogP contribution is 2.28. The maximum absolute atomic E-state index is 12.4. The van der Waals surface area contributed by atoms with Gasteiger partial charge in [-0.3, -0.25) is 4.79 Å². The van der Waals surface area contributed by atoms with Crippen LogP contribution in [0.3, 0.4) is 0 Å². The van der Waals surface area contributed by atoms with E-state index >= 15 is 0 Å². The van der Waals surface area contributed by atoms with Gasteiger partial charge in [0.2, 0.25) is 0 Å². The molecule has 2 bridgehead atoms. The number of nitrogens with one attached hydrogen (secondary N) is 2. The van der Waals surface area contributed by atoms with Crippen molar-refractivity contribution in [3.05, 3.63) is 47.9 Å². The molecule has 0 spiro atoms. The van der Waals surface area contributed by atoms with Crippen LogP contribution >= 0.6 is 0 Å². The van der Waals surface area contributed by atoms with Gasteiger partial charge >= 0.3 is 0 Å². The van der Waals surface area contributed by atoms with Crippen molar-refractivity contribution in [2.45, 2.75) is 25.1 Å². The van der Waals surface area contributed by atoms with Crippen molar-refractivity contribution in [2.24, 2.45) is 5.92 Å². The van der Waals surface area contributed by atoms with Crippen LogP contribution in [0.25, 0.3) is 0 Å². The van der Waals surface area contributed by atoms with E-state index < -0.39 is 0 Å². The van der Waals surface area contributed by atoms with Crippen molar-refractivity contribution in [1.29, 1.82) is 0 Å². The van der Waals surface area contributed by atoms with E-state index in [4.69, 9.17) is 4.74 Å². The first-order chi connectivity index (χ1) is 10.8. The van der Waals surface area contributed by atoms with Crippen LogP contribution in [0.5, 0.6) is 0 Å². The third-order valence-electron chi connectivity index (χ3n) is 4.93. The SMILES string of the molecule is O=C(N[C@H]1CN2CCC1CC2)C1=COC(c2ccccc2)N1. The second-order valence-corrected chi connectivity index (χ2v) is 6.32. The van der Waals surface area contributed by atoms with Gasteiger partial charge in [0.15, 0.2) is 6.23 Å². The zero-order chi connectivity index (χ0) is 14.9. The quantitative estimate of drug-likeness (QED) is 0.885. The minimum absolute atomic E-state index is 0.0582. The molecule has 0 radical (unpaired) electrons. The molecule has 4 aliphatic heterocycles. The summed E-state index contributed by atoms with van der Waals surface area (Å²) in [6, 6.07) is 10.1. The van der Waals surface area contributed by atoms with Crippen LogP contribution in [0.1, 0.15) is 24.6 Å². The van der Waals surface area contributed by atoms with Crippen LogP contribution in [0, 0.1) is 5.92 Å². The minimum atomic E-state index is -0.270. The molecule has 0 saturated carbocycles. The molecule has 5 nitrogen and oxygen atoms in total. The lowest BCUT2D eigenvalue weighted by Gasteiger charge is -2.44. The van der Waals surface area contributed by atoms with E-state index in [1.165, 1.54) is 32.2 Å². The Kier molecular flexibility index (Phi) is 3.50. The van der Waals surface area contributed by atoms with Crippen LogP contribution < -0.4 is 10.6 Å². The third-order valence-corrected chi connectivity index (χ3v) is 4.93. The Morgan fingerprint density at radius 1 is 1.23 bits per heavy atom. The molecule has 1 aromatic rings. The van der Waals surface area contributed by atoms with Gasteiger partial charge in [0.1, 0.15) is 12.0 Å². The lowest BCUT2D eigenvalue weighted by Crippen LogP contribution is -2.57. The van der Waals surface area contributed by atoms with Crippen molar-refractivity contribution in [3.8, 4) is 0 Å². The Balaban J connectivity index is 1.36. The Bertz CT molecular complexity index is 579. The zero-order valence-corrected chi connectivity index (χ0v) is 12.5. The first kappa shape index (κ1) is 13.6. The van der Waals surface area contributed by atoms with Gasteiger partial charge in [-0.15, -0.1) is 0 Å². The standard InChI is InChI=1S/C17H21N3O2/c21-16(18-14-10-20-8-6-12(14)7-9-20)15-11-22-17(19-15)13-4-2-1-3-5-13/h1-5,11-12,14,17,19H,6-10H2,(H,18,21)/t14-,17?/m0/s1. The molecule has 116 valence electrons. The van der Waals surface area contributed by atoms with Gasteiger partial charge in [0, 0.05) is 18.2 Å². The number of rotatable bonds is 3. The maximum Gasteiger partial charge on any atom is 0.270 e. The Labute approximate surface area is 130 Å². The first-order valence-corrected chi connectivity index (χ1v) is 8.00. The molecule has 3 fully saturated rings. The van der Waals surface area contributed by atoms with E-state index in [0.717, 1.165) is 12.1 Å². The Morgan fingerprint density at radius 2 is 2.00 bits per heavy atom. The number of benzene rings is 1. The summed E-state index contributed by atoms with van der Waals surface area (Å²) < 4.78 is 5.58. The van der Waals surface area contributed by atoms with Gasteiger partial charge in [0.25, 0.3) is 5.91 Å². The van der Waals surface area contributed by atoms with Crippen molar-refractivity contribution in [3.63, 3.8) is 0 Å². The highest BCUT2D eigenvalue weighted by molar-refractivity contribution is 5.93. The van der Waals surface area contributed by atoms with Crippen molar-refractivity contribution < 1.29 is 9.53 Å². The van der Waals surface area contributed by atoms with Crippen LogP contribution in [0.4, 0.5) is 0 Å². The molecule has 5 rings (SSSR count). The zero-order valence-electron chi connectivity index (χ0n) is 12.5. The molecule has 0 aliphatic carbocycles. The van der Waals surface area contributed by atoms with Gasteiger partial charge in [-0.1, -0.05) is 30.3 Å². The van der Waals surface area contributed by atoms with Crippen LogP contribution in [-0.4, -0.2) is 36.5 Å². The van der Waals surface area contributed by atoms with Crippen molar-refractivity contribution in [1.82, 2.24) is 15.5 Å². The largest absolute Gasteiger partial charge is 0.472 e. The van der Waals surface area contributed by atoms with E-state index in [9.17, 15) is 4.79 Å². The van der Waals surface area contributed by atoms with E-state index in [-0.39, 0.29) is 18.2 Å². The van der Waals surface area contributed by atoms with E-state index in [1.54, 1.807) is 0 Å². The molecule has 1 amide bonds. The van der Waals surface area contributed by atoms with Crippen molar-refractivity contribution >= 4 is 5.91 Å². The second-order valence-electron chi connectivity index (χ2n) is 6.32. The summed E-state index contributed by atoms with van der Waals surface area (Å²) in [6.07, 6.45) is 3.66. The number of piperidine rings is 3. The van der Waals surface area contributed by atoms with E-state index in [2.05, 4.69) is 15.5 Å². The fraction of sp³-hybridized carbons (Fsp3) is 0.471. The third kappa shape index (κ3) is 2.57. The molecule has 5 heteroatoms. The molecule has 3 saturated heterocycles. The molecular formula is C17H21N3O2. The number of fused-ring (bicyclic) bond motifs is 3. The summed E-state index contributed by atoms with van der Waals surface area (Å²) in [5.74, 6) is 0.568. The van der Waals surface area contributed by atoms with Gasteiger partial charge in [-0.25, -0.2) is 0 Å². The molecule has 0 aromatic heterocycles. The molecule has 1 aromatic carbocycles. The number of hydrogen-bond donors (Lipinski definition) is 2. The summed E-state index contributed by atoms with van der Waals surface area (Å²) in [5, 5.41) is 6.33. The molecule has 22 heavy (non-hydrogen) atoms. The number of carbonyl (C=O) groups excluding carboxylic acids is 1. The molecule has 1 unspecified atom stereocenters. The number of carbonyl (C=O) groups is 1. The van der Waals surface area contributed by atoms with Crippen LogP contribution in [-0.2, 0) is 9.53 Å². The summed E-state index contributed by atoms with van der Waals surface area (Å²) in [4.78, 5) is 14.9.